The van der Waals surface area contributed by atoms with Crippen LogP contribution < -0.4 is 4.72 Å². The molecule has 0 spiro atoms. The second-order valence-corrected chi connectivity index (χ2v) is 6.86. The molecule has 0 fully saturated rings. The molecule has 3 aromatic rings. The van der Waals surface area contributed by atoms with Gasteiger partial charge in [-0.1, -0.05) is 17.7 Å². The van der Waals surface area contributed by atoms with E-state index in [-0.39, 0.29) is 11.4 Å². The van der Waals surface area contributed by atoms with E-state index in [4.69, 9.17) is 11.6 Å². The van der Waals surface area contributed by atoms with Crippen LogP contribution in [0.1, 0.15) is 5.56 Å². The third-order valence-electron chi connectivity index (χ3n) is 3.12. The monoisotopic (exact) mass is 333 g/mol. The molecule has 0 amide bonds. The Labute approximate surface area is 133 Å². The zero-order valence-electron chi connectivity index (χ0n) is 11.4. The average molecular weight is 334 g/mol. The molecule has 1 aromatic heterocycles. The summed E-state index contributed by atoms with van der Waals surface area (Å²) in [5, 5.41) is 0.493. The predicted octanol–water partition coefficient (Wildman–Crippen LogP) is 2.76. The van der Waals surface area contributed by atoms with Crippen molar-refractivity contribution in [1.82, 2.24) is 14.7 Å². The van der Waals surface area contributed by atoms with Crippen LogP contribution in [0.5, 0.6) is 0 Å². The maximum atomic E-state index is 12.2. The summed E-state index contributed by atoms with van der Waals surface area (Å²) in [5.41, 5.74) is 2.31. The largest absolute Gasteiger partial charge is 0.253 e. The highest BCUT2D eigenvalue weighted by Crippen LogP contribution is 2.15. The maximum absolute atomic E-state index is 12.2. The van der Waals surface area contributed by atoms with Crippen molar-refractivity contribution >= 4 is 32.7 Å². The number of hydrogen-bond acceptors (Lipinski definition) is 4. The molecule has 0 atom stereocenters. The molecule has 22 heavy (non-hydrogen) atoms. The van der Waals surface area contributed by atoms with Gasteiger partial charge in [-0.15, -0.1) is 0 Å². The van der Waals surface area contributed by atoms with Crippen molar-refractivity contribution in [3.63, 3.8) is 0 Å². The molecule has 3 rings (SSSR count). The highest BCUT2D eigenvalue weighted by atomic mass is 35.5. The normalized spacial score (nSPS) is 11.7. The van der Waals surface area contributed by atoms with Gasteiger partial charge in [0.2, 0.25) is 10.0 Å². The molecule has 0 aliphatic rings. The lowest BCUT2D eigenvalue weighted by Crippen LogP contribution is -2.23. The van der Waals surface area contributed by atoms with Crippen LogP contribution in [0.3, 0.4) is 0 Å². The van der Waals surface area contributed by atoms with Gasteiger partial charge in [-0.3, -0.25) is 9.97 Å². The van der Waals surface area contributed by atoms with Crippen LogP contribution in [0, 0.1) is 0 Å². The minimum absolute atomic E-state index is 0.178. The van der Waals surface area contributed by atoms with E-state index < -0.39 is 10.0 Å². The molecular weight excluding hydrogens is 322 g/mol. The summed E-state index contributed by atoms with van der Waals surface area (Å²) >= 11 is 5.76. The molecule has 0 saturated carbocycles. The highest BCUT2D eigenvalue weighted by molar-refractivity contribution is 7.89. The number of nitrogens with zero attached hydrogens (tertiary/aromatic N) is 2. The van der Waals surface area contributed by atoms with E-state index in [1.54, 1.807) is 24.5 Å². The van der Waals surface area contributed by atoms with Gasteiger partial charge in [0.25, 0.3) is 0 Å². The first-order valence-corrected chi connectivity index (χ1v) is 8.36. The molecule has 0 bridgehead atoms. The lowest BCUT2D eigenvalue weighted by atomic mass is 10.2. The average Bonchev–Trinajstić information content (AvgIpc) is 2.53. The highest BCUT2D eigenvalue weighted by Gasteiger charge is 2.13. The molecule has 112 valence electrons. The molecule has 2 aromatic carbocycles. The fourth-order valence-corrected chi connectivity index (χ4v) is 3.14. The molecule has 0 radical (unpaired) electrons. The van der Waals surface area contributed by atoms with E-state index in [0.29, 0.717) is 5.02 Å². The molecule has 0 aliphatic carbocycles. The fourth-order valence-electron chi connectivity index (χ4n) is 1.99. The van der Waals surface area contributed by atoms with Crippen LogP contribution in [0.2, 0.25) is 5.02 Å². The molecule has 0 aliphatic heterocycles. The second-order valence-electron chi connectivity index (χ2n) is 4.66. The first kappa shape index (κ1) is 14.9. The van der Waals surface area contributed by atoms with Crippen molar-refractivity contribution in [1.29, 1.82) is 0 Å². The van der Waals surface area contributed by atoms with Crippen LogP contribution >= 0.6 is 11.6 Å². The summed E-state index contributed by atoms with van der Waals surface area (Å²) in [6.07, 6.45) is 3.22. The number of fused-ring (bicyclic) bond motifs is 1. The van der Waals surface area contributed by atoms with Crippen molar-refractivity contribution in [3.05, 3.63) is 65.4 Å². The zero-order chi connectivity index (χ0) is 15.6. The number of aromatic nitrogens is 2. The van der Waals surface area contributed by atoms with E-state index in [1.165, 1.54) is 12.1 Å². The lowest BCUT2D eigenvalue weighted by molar-refractivity contribution is 0.581. The summed E-state index contributed by atoms with van der Waals surface area (Å²) in [7, 11) is -3.57. The number of rotatable bonds is 4. The van der Waals surface area contributed by atoms with Crippen LogP contribution in [0.25, 0.3) is 11.0 Å². The Morgan fingerprint density at radius 2 is 1.64 bits per heavy atom. The number of benzene rings is 2. The predicted molar refractivity (Wildman–Crippen MR) is 85.0 cm³/mol. The first-order valence-electron chi connectivity index (χ1n) is 6.49. The topological polar surface area (TPSA) is 72.0 Å². The molecule has 1 heterocycles. The number of hydrogen-bond donors (Lipinski definition) is 1. The van der Waals surface area contributed by atoms with Crippen LogP contribution in [-0.4, -0.2) is 18.4 Å². The lowest BCUT2D eigenvalue weighted by Gasteiger charge is -2.07. The smallest absolute Gasteiger partial charge is 0.240 e. The van der Waals surface area contributed by atoms with Gasteiger partial charge in [0.15, 0.2) is 0 Å². The van der Waals surface area contributed by atoms with E-state index >= 15 is 0 Å². The van der Waals surface area contributed by atoms with Crippen LogP contribution in [0.15, 0.2) is 59.8 Å². The summed E-state index contributed by atoms with van der Waals surface area (Å²) < 4.78 is 27.0. The SMILES string of the molecule is O=S(=O)(NCc1ccc2nccnc2c1)c1ccc(Cl)cc1. The fraction of sp³-hybridized carbons (Fsp3) is 0.0667. The summed E-state index contributed by atoms with van der Waals surface area (Å²) in [6.45, 7) is 0.178. The Kier molecular flexibility index (Phi) is 4.06. The van der Waals surface area contributed by atoms with Crippen LogP contribution in [0.4, 0.5) is 0 Å². The van der Waals surface area contributed by atoms with Crippen molar-refractivity contribution in [3.8, 4) is 0 Å². The molecular formula is C15H12ClN3O2S. The maximum Gasteiger partial charge on any atom is 0.240 e. The first-order chi connectivity index (χ1) is 10.5. The Hall–Kier alpha value is -2.02. The summed E-state index contributed by atoms with van der Waals surface area (Å²) in [4.78, 5) is 8.55. The molecule has 7 heteroatoms. The Morgan fingerprint density at radius 1 is 0.955 bits per heavy atom. The Morgan fingerprint density at radius 3 is 2.36 bits per heavy atom. The molecule has 1 N–H and O–H groups in total. The van der Waals surface area contributed by atoms with Gasteiger partial charge < -0.3 is 0 Å². The number of sulfonamides is 1. The third-order valence-corrected chi connectivity index (χ3v) is 4.79. The molecule has 5 nitrogen and oxygen atoms in total. The van der Waals surface area contributed by atoms with Crippen LogP contribution in [-0.2, 0) is 16.6 Å². The van der Waals surface area contributed by atoms with Gasteiger partial charge in [0.05, 0.1) is 15.9 Å². The summed E-state index contributed by atoms with van der Waals surface area (Å²) in [6, 6.07) is 11.5. The minimum Gasteiger partial charge on any atom is -0.253 e. The Balaban J connectivity index is 1.79. The van der Waals surface area contributed by atoms with E-state index in [9.17, 15) is 8.42 Å². The minimum atomic E-state index is -3.57. The number of halogens is 1. The van der Waals surface area contributed by atoms with Gasteiger partial charge in [0.1, 0.15) is 0 Å². The molecule has 0 saturated heterocycles. The van der Waals surface area contributed by atoms with Gasteiger partial charge in [-0.05, 0) is 42.0 Å². The standard InChI is InChI=1S/C15H12ClN3O2S/c16-12-2-4-13(5-3-12)22(20,21)19-10-11-1-6-14-15(9-11)18-8-7-17-14/h1-9,19H,10H2. The number of nitrogens with one attached hydrogen (secondary N) is 1. The molecule has 0 unspecified atom stereocenters. The van der Waals surface area contributed by atoms with Gasteiger partial charge in [0, 0.05) is 24.0 Å². The van der Waals surface area contributed by atoms with Gasteiger partial charge in [-0.2, -0.15) is 0 Å². The van der Waals surface area contributed by atoms with Gasteiger partial charge >= 0.3 is 0 Å². The van der Waals surface area contributed by atoms with Gasteiger partial charge in [-0.25, -0.2) is 13.1 Å². The van der Waals surface area contributed by atoms with Crippen molar-refractivity contribution in [2.24, 2.45) is 0 Å². The van der Waals surface area contributed by atoms with E-state index in [1.807, 2.05) is 18.2 Å². The van der Waals surface area contributed by atoms with Crippen molar-refractivity contribution in [2.75, 3.05) is 0 Å². The quantitative estimate of drug-likeness (QED) is 0.797. The van der Waals surface area contributed by atoms with Crippen molar-refractivity contribution < 1.29 is 8.42 Å². The zero-order valence-corrected chi connectivity index (χ0v) is 13.0. The summed E-state index contributed by atoms with van der Waals surface area (Å²) in [5.74, 6) is 0. The third kappa shape index (κ3) is 3.24. The van der Waals surface area contributed by atoms with E-state index in [2.05, 4.69) is 14.7 Å². The second kappa shape index (κ2) is 6.00. The van der Waals surface area contributed by atoms with Crippen molar-refractivity contribution in [2.45, 2.75) is 11.4 Å². The Bertz CT molecular complexity index is 911. The van der Waals surface area contributed by atoms with E-state index in [0.717, 1.165) is 16.6 Å².